The van der Waals surface area contributed by atoms with E-state index >= 15 is 0 Å². The zero-order valence-electron chi connectivity index (χ0n) is 10.7. The Morgan fingerprint density at radius 2 is 2.21 bits per heavy atom. The average Bonchev–Trinajstić information content (AvgIpc) is 2.38. The zero-order chi connectivity index (χ0) is 14.4. The molecule has 0 radical (unpaired) electrons. The summed E-state index contributed by atoms with van der Waals surface area (Å²) in [6.07, 6.45) is 2.06. The number of rotatable bonds is 6. The smallest absolute Gasteiger partial charge is 0.376 e. The number of carbonyl (C=O) groups is 2. The number of aryl methyl sites for hydroxylation is 1. The lowest BCUT2D eigenvalue weighted by molar-refractivity contribution is -0.168. The Balaban J connectivity index is 2.82. The van der Waals surface area contributed by atoms with E-state index in [1.54, 1.807) is 12.1 Å². The van der Waals surface area contributed by atoms with Gasteiger partial charge in [-0.15, -0.1) is 5.06 Å². The van der Waals surface area contributed by atoms with Gasteiger partial charge in [0.05, 0.1) is 6.61 Å². The van der Waals surface area contributed by atoms with Gasteiger partial charge in [0, 0.05) is 13.2 Å². The van der Waals surface area contributed by atoms with Crippen molar-refractivity contribution in [3.8, 4) is 0 Å². The third kappa shape index (κ3) is 3.73. The van der Waals surface area contributed by atoms with Gasteiger partial charge in [0.25, 0.3) is 0 Å². The first-order valence-electron chi connectivity index (χ1n) is 5.73. The summed E-state index contributed by atoms with van der Waals surface area (Å²) in [5.41, 5.74) is 0.843. The number of carboxylic acids is 1. The third-order valence-corrected chi connectivity index (χ3v) is 2.59. The highest BCUT2D eigenvalue weighted by molar-refractivity contribution is 5.88. The monoisotopic (exact) mass is 268 g/mol. The standard InChI is InChI=1S/C12H16N2O5/c1-3-8-5-4-6-13-10(8)12(18)19-14(2)9(7-15)11(16)17/h4-6,9,15H,3,7H2,1-2H3,(H,16,17)/t9-/m0/s1. The number of hydroxylamine groups is 2. The summed E-state index contributed by atoms with van der Waals surface area (Å²) < 4.78 is 0. The van der Waals surface area contributed by atoms with Gasteiger partial charge in [-0.05, 0) is 18.1 Å². The van der Waals surface area contributed by atoms with Crippen molar-refractivity contribution < 1.29 is 24.6 Å². The van der Waals surface area contributed by atoms with Crippen molar-refractivity contribution in [3.63, 3.8) is 0 Å². The predicted molar refractivity (Wildman–Crippen MR) is 65.3 cm³/mol. The van der Waals surface area contributed by atoms with Gasteiger partial charge in [-0.3, -0.25) is 4.79 Å². The number of aliphatic hydroxyl groups is 1. The molecule has 0 aliphatic heterocycles. The van der Waals surface area contributed by atoms with Crippen molar-refractivity contribution in [2.24, 2.45) is 0 Å². The number of hydrogen-bond acceptors (Lipinski definition) is 6. The molecular weight excluding hydrogens is 252 g/mol. The fraction of sp³-hybridized carbons (Fsp3) is 0.417. The molecule has 0 bridgehead atoms. The van der Waals surface area contributed by atoms with Crippen LogP contribution in [-0.4, -0.2) is 51.9 Å². The van der Waals surface area contributed by atoms with Crippen LogP contribution in [0.3, 0.4) is 0 Å². The summed E-state index contributed by atoms with van der Waals surface area (Å²) in [7, 11) is 1.27. The Hall–Kier alpha value is -1.99. The second-order valence-corrected chi connectivity index (χ2v) is 3.83. The van der Waals surface area contributed by atoms with Gasteiger partial charge in [-0.25, -0.2) is 9.78 Å². The van der Waals surface area contributed by atoms with Gasteiger partial charge in [-0.1, -0.05) is 13.0 Å². The van der Waals surface area contributed by atoms with Crippen molar-refractivity contribution >= 4 is 11.9 Å². The zero-order valence-corrected chi connectivity index (χ0v) is 10.7. The van der Waals surface area contributed by atoms with Gasteiger partial charge in [0.15, 0.2) is 11.7 Å². The quantitative estimate of drug-likeness (QED) is 0.705. The highest BCUT2D eigenvalue weighted by Gasteiger charge is 2.26. The van der Waals surface area contributed by atoms with Crippen LogP contribution < -0.4 is 0 Å². The molecule has 0 unspecified atom stereocenters. The van der Waals surface area contributed by atoms with Crippen LogP contribution in [0.4, 0.5) is 0 Å². The highest BCUT2D eigenvalue weighted by atomic mass is 16.7. The van der Waals surface area contributed by atoms with Gasteiger partial charge >= 0.3 is 11.9 Å². The highest BCUT2D eigenvalue weighted by Crippen LogP contribution is 2.09. The van der Waals surface area contributed by atoms with Gasteiger partial charge in [-0.2, -0.15) is 0 Å². The third-order valence-electron chi connectivity index (χ3n) is 2.59. The molecule has 1 aromatic rings. The summed E-state index contributed by atoms with van der Waals surface area (Å²) in [6, 6.07) is 2.13. The molecule has 1 heterocycles. The predicted octanol–water partition coefficient (Wildman–Crippen LogP) is 0.0931. The molecule has 0 fully saturated rings. The molecule has 0 saturated heterocycles. The van der Waals surface area contributed by atoms with Crippen LogP contribution in [0.2, 0.25) is 0 Å². The van der Waals surface area contributed by atoms with Crippen LogP contribution >= 0.6 is 0 Å². The molecule has 0 spiro atoms. The largest absolute Gasteiger partial charge is 0.480 e. The van der Waals surface area contributed by atoms with Crippen LogP contribution in [0.15, 0.2) is 18.3 Å². The second kappa shape index (κ2) is 6.81. The number of carboxylic acid groups (broad SMARTS) is 1. The summed E-state index contributed by atoms with van der Waals surface area (Å²) in [4.78, 5) is 31.5. The van der Waals surface area contributed by atoms with Crippen LogP contribution in [-0.2, 0) is 16.1 Å². The normalized spacial score (nSPS) is 12.2. The maximum atomic E-state index is 11.9. The van der Waals surface area contributed by atoms with E-state index in [1.165, 1.54) is 13.2 Å². The molecule has 1 rings (SSSR count). The molecule has 1 aromatic heterocycles. The maximum absolute atomic E-state index is 11.9. The Labute approximate surface area is 110 Å². The average molecular weight is 268 g/mol. The van der Waals surface area contributed by atoms with Gasteiger partial charge < -0.3 is 15.1 Å². The molecule has 0 aliphatic rings. The summed E-state index contributed by atoms with van der Waals surface area (Å²) in [6.45, 7) is 1.20. The molecule has 1 atom stereocenters. The number of nitrogens with zero attached hydrogens (tertiary/aromatic N) is 2. The van der Waals surface area contributed by atoms with E-state index in [2.05, 4.69) is 4.98 Å². The SMILES string of the molecule is CCc1cccnc1C(=O)ON(C)[C@@H](CO)C(=O)O. The van der Waals surface area contributed by atoms with E-state index in [0.717, 1.165) is 5.06 Å². The fourth-order valence-corrected chi connectivity index (χ4v) is 1.49. The lowest BCUT2D eigenvalue weighted by atomic mass is 10.1. The van der Waals surface area contributed by atoms with Crippen molar-refractivity contribution in [3.05, 3.63) is 29.6 Å². The van der Waals surface area contributed by atoms with Crippen molar-refractivity contribution in [1.29, 1.82) is 0 Å². The van der Waals surface area contributed by atoms with Crippen molar-refractivity contribution in [2.45, 2.75) is 19.4 Å². The Morgan fingerprint density at radius 3 is 2.74 bits per heavy atom. The molecule has 104 valence electrons. The minimum Gasteiger partial charge on any atom is -0.480 e. The van der Waals surface area contributed by atoms with E-state index in [0.29, 0.717) is 12.0 Å². The number of hydrogen-bond donors (Lipinski definition) is 2. The summed E-state index contributed by atoms with van der Waals surface area (Å²) in [5.74, 6) is -2.03. The number of pyridine rings is 1. The minimum atomic E-state index is -1.31. The second-order valence-electron chi connectivity index (χ2n) is 3.83. The number of carbonyl (C=O) groups excluding carboxylic acids is 1. The maximum Gasteiger partial charge on any atom is 0.376 e. The molecule has 0 aliphatic carbocycles. The van der Waals surface area contributed by atoms with E-state index in [1.807, 2.05) is 6.92 Å². The summed E-state index contributed by atoms with van der Waals surface area (Å²) in [5, 5.41) is 18.5. The number of aliphatic carboxylic acids is 1. The van der Waals surface area contributed by atoms with Crippen molar-refractivity contribution in [1.82, 2.24) is 10.0 Å². The number of aromatic nitrogens is 1. The molecule has 7 heteroatoms. The van der Waals surface area contributed by atoms with E-state index < -0.39 is 24.6 Å². The van der Waals surface area contributed by atoms with E-state index in [-0.39, 0.29) is 5.69 Å². The Kier molecular flexibility index (Phi) is 5.40. The lowest BCUT2D eigenvalue weighted by Gasteiger charge is -2.21. The topological polar surface area (TPSA) is 100.0 Å². The van der Waals surface area contributed by atoms with Crippen molar-refractivity contribution in [2.75, 3.05) is 13.7 Å². The van der Waals surface area contributed by atoms with Crippen LogP contribution in [0.5, 0.6) is 0 Å². The van der Waals surface area contributed by atoms with Gasteiger partial charge in [0.1, 0.15) is 0 Å². The summed E-state index contributed by atoms with van der Waals surface area (Å²) >= 11 is 0. The van der Waals surface area contributed by atoms with Crippen LogP contribution in [0, 0.1) is 0 Å². The Morgan fingerprint density at radius 1 is 1.53 bits per heavy atom. The van der Waals surface area contributed by atoms with Crippen LogP contribution in [0.25, 0.3) is 0 Å². The first-order valence-corrected chi connectivity index (χ1v) is 5.73. The first kappa shape index (κ1) is 15.1. The lowest BCUT2D eigenvalue weighted by Crippen LogP contribution is -2.42. The Bertz CT molecular complexity index is 463. The molecule has 0 amide bonds. The minimum absolute atomic E-state index is 0.138. The molecule has 2 N–H and O–H groups in total. The number of likely N-dealkylation sites (N-methyl/N-ethyl adjacent to an activating group) is 1. The molecule has 0 aromatic carbocycles. The number of aliphatic hydroxyl groups excluding tert-OH is 1. The fourth-order valence-electron chi connectivity index (χ4n) is 1.49. The van der Waals surface area contributed by atoms with E-state index in [4.69, 9.17) is 15.1 Å². The molecule has 0 saturated carbocycles. The van der Waals surface area contributed by atoms with E-state index in [9.17, 15) is 9.59 Å². The van der Waals surface area contributed by atoms with Gasteiger partial charge in [0.2, 0.25) is 0 Å². The molecule has 7 nitrogen and oxygen atoms in total. The first-order chi connectivity index (χ1) is 9.01. The molecule has 19 heavy (non-hydrogen) atoms. The van der Waals surface area contributed by atoms with Crippen LogP contribution in [0.1, 0.15) is 23.0 Å². The molecular formula is C12H16N2O5.